The maximum absolute atomic E-state index is 13.7. The van der Waals surface area contributed by atoms with Crippen LogP contribution < -0.4 is 5.32 Å². The summed E-state index contributed by atoms with van der Waals surface area (Å²) in [6.45, 7) is 4.96. The van der Waals surface area contributed by atoms with Crippen molar-refractivity contribution >= 4 is 21.8 Å². The molecule has 21 heavy (non-hydrogen) atoms. The molecule has 1 N–H and O–H groups in total. The zero-order chi connectivity index (χ0) is 15.2. The maximum atomic E-state index is 13.7. The number of benzene rings is 1. The van der Waals surface area contributed by atoms with Gasteiger partial charge in [-0.15, -0.1) is 0 Å². The van der Waals surface area contributed by atoms with Gasteiger partial charge in [0.25, 0.3) is 5.91 Å². The Bertz CT molecular complexity index is 475. The fourth-order valence-corrected chi connectivity index (χ4v) is 3.30. The van der Waals surface area contributed by atoms with E-state index in [0.29, 0.717) is 17.1 Å². The molecule has 0 aromatic heterocycles. The fraction of sp³-hybridized carbons (Fsp3) is 0.562. The molecule has 5 heteroatoms. The molecule has 3 nitrogen and oxygen atoms in total. The summed E-state index contributed by atoms with van der Waals surface area (Å²) in [4.78, 5) is 14.5. The summed E-state index contributed by atoms with van der Waals surface area (Å²) in [6.07, 6.45) is 4.73. The average molecular weight is 357 g/mol. The summed E-state index contributed by atoms with van der Waals surface area (Å²) in [6, 6.07) is 5.19. The quantitative estimate of drug-likeness (QED) is 0.817. The van der Waals surface area contributed by atoms with Gasteiger partial charge in [0.2, 0.25) is 0 Å². The number of nitrogens with zero attached hydrogens (tertiary/aromatic N) is 1. The Balaban J connectivity index is 1.77. The van der Waals surface area contributed by atoms with Crippen LogP contribution in [0.5, 0.6) is 0 Å². The number of carbonyl (C=O) groups excluding carboxylic acids is 1. The number of nitrogens with one attached hydrogen (secondary N) is 1. The SMILES string of the molecule is CC1CCCCN1CCCNC(=O)c1c(F)cccc1Br. The van der Waals surface area contributed by atoms with Gasteiger partial charge in [0.15, 0.2) is 0 Å². The van der Waals surface area contributed by atoms with Crippen molar-refractivity contribution in [3.63, 3.8) is 0 Å². The molecule has 1 aromatic carbocycles. The second-order valence-electron chi connectivity index (χ2n) is 5.59. The zero-order valence-electron chi connectivity index (χ0n) is 12.4. The molecule has 0 aliphatic carbocycles. The van der Waals surface area contributed by atoms with Crippen LogP contribution in [-0.2, 0) is 0 Å². The number of likely N-dealkylation sites (tertiary alicyclic amines) is 1. The monoisotopic (exact) mass is 356 g/mol. The van der Waals surface area contributed by atoms with E-state index in [9.17, 15) is 9.18 Å². The van der Waals surface area contributed by atoms with E-state index < -0.39 is 5.82 Å². The van der Waals surface area contributed by atoms with Crippen LogP contribution in [0, 0.1) is 5.82 Å². The molecule has 1 heterocycles. The van der Waals surface area contributed by atoms with E-state index in [0.717, 1.165) is 19.5 Å². The van der Waals surface area contributed by atoms with Crippen molar-refractivity contribution in [3.8, 4) is 0 Å². The van der Waals surface area contributed by atoms with Crippen LogP contribution in [0.2, 0.25) is 0 Å². The van der Waals surface area contributed by atoms with Crippen molar-refractivity contribution in [2.75, 3.05) is 19.6 Å². The molecule has 0 spiro atoms. The fourth-order valence-electron chi connectivity index (χ4n) is 2.78. The number of piperidine rings is 1. The molecule has 116 valence electrons. The summed E-state index contributed by atoms with van der Waals surface area (Å²) in [7, 11) is 0. The zero-order valence-corrected chi connectivity index (χ0v) is 14.0. The number of carbonyl (C=O) groups is 1. The van der Waals surface area contributed by atoms with Gasteiger partial charge in [0.1, 0.15) is 5.82 Å². The van der Waals surface area contributed by atoms with Crippen molar-refractivity contribution in [2.45, 2.75) is 38.6 Å². The van der Waals surface area contributed by atoms with E-state index >= 15 is 0 Å². The highest BCUT2D eigenvalue weighted by Gasteiger charge is 2.18. The van der Waals surface area contributed by atoms with Crippen LogP contribution in [0.25, 0.3) is 0 Å². The van der Waals surface area contributed by atoms with Crippen molar-refractivity contribution in [1.82, 2.24) is 10.2 Å². The molecule has 1 aliphatic rings. The second kappa shape index (κ2) is 7.90. The van der Waals surface area contributed by atoms with Gasteiger partial charge in [-0.1, -0.05) is 12.5 Å². The number of rotatable bonds is 5. The smallest absolute Gasteiger partial charge is 0.255 e. The molecule has 1 fully saturated rings. The van der Waals surface area contributed by atoms with E-state index in [1.165, 1.54) is 25.3 Å². The molecule has 0 bridgehead atoms. The molecule has 0 saturated carbocycles. The molecule has 1 atom stereocenters. The van der Waals surface area contributed by atoms with Crippen LogP contribution in [-0.4, -0.2) is 36.5 Å². The normalized spacial score (nSPS) is 19.5. The lowest BCUT2D eigenvalue weighted by Gasteiger charge is -2.33. The first-order chi connectivity index (χ1) is 10.1. The third-order valence-corrected chi connectivity index (χ3v) is 4.70. The topological polar surface area (TPSA) is 32.3 Å². The van der Waals surface area contributed by atoms with Crippen LogP contribution in [0.15, 0.2) is 22.7 Å². The minimum Gasteiger partial charge on any atom is -0.352 e. The van der Waals surface area contributed by atoms with E-state index in [1.54, 1.807) is 12.1 Å². The van der Waals surface area contributed by atoms with E-state index in [4.69, 9.17) is 0 Å². The molecule has 1 aromatic rings. The average Bonchev–Trinajstić information content (AvgIpc) is 2.45. The highest BCUT2D eigenvalue weighted by atomic mass is 79.9. The third-order valence-electron chi connectivity index (χ3n) is 4.04. The first-order valence-electron chi connectivity index (χ1n) is 7.56. The molecule has 1 aliphatic heterocycles. The van der Waals surface area contributed by atoms with Crippen LogP contribution in [0.4, 0.5) is 4.39 Å². The number of halogens is 2. The summed E-state index contributed by atoms with van der Waals surface area (Å²) >= 11 is 3.22. The standard InChI is InChI=1S/C16H22BrFN2O/c1-12-6-2-3-10-20(12)11-5-9-19-16(21)15-13(17)7-4-8-14(15)18/h4,7-8,12H,2-3,5-6,9-11H2,1H3,(H,19,21). The van der Waals surface area contributed by atoms with Crippen LogP contribution in [0.3, 0.4) is 0 Å². The Morgan fingerprint density at radius 1 is 1.48 bits per heavy atom. The van der Waals surface area contributed by atoms with Crippen LogP contribution >= 0.6 is 15.9 Å². The summed E-state index contributed by atoms with van der Waals surface area (Å²) in [5, 5.41) is 2.80. The van der Waals surface area contributed by atoms with Gasteiger partial charge < -0.3 is 10.2 Å². The van der Waals surface area contributed by atoms with E-state index in [2.05, 4.69) is 33.1 Å². The molecule has 1 unspecified atom stereocenters. The Morgan fingerprint density at radius 2 is 2.29 bits per heavy atom. The minimum atomic E-state index is -0.494. The summed E-state index contributed by atoms with van der Waals surface area (Å²) in [5.41, 5.74) is 0.0869. The summed E-state index contributed by atoms with van der Waals surface area (Å²) in [5.74, 6) is -0.849. The highest BCUT2D eigenvalue weighted by Crippen LogP contribution is 2.19. The molecular weight excluding hydrogens is 335 g/mol. The number of amides is 1. The van der Waals surface area contributed by atoms with Gasteiger partial charge in [0, 0.05) is 23.6 Å². The maximum Gasteiger partial charge on any atom is 0.255 e. The Hall–Kier alpha value is -0.940. The Morgan fingerprint density at radius 3 is 3.00 bits per heavy atom. The van der Waals surface area contributed by atoms with Crippen molar-refractivity contribution in [2.24, 2.45) is 0 Å². The lowest BCUT2D eigenvalue weighted by atomic mass is 10.0. The van der Waals surface area contributed by atoms with Gasteiger partial charge in [-0.05, 0) is 60.8 Å². The van der Waals surface area contributed by atoms with Crippen molar-refractivity contribution in [3.05, 3.63) is 34.1 Å². The summed E-state index contributed by atoms with van der Waals surface area (Å²) < 4.78 is 14.1. The van der Waals surface area contributed by atoms with E-state index in [-0.39, 0.29) is 11.5 Å². The Labute approximate surface area is 134 Å². The Kier molecular flexibility index (Phi) is 6.18. The predicted molar refractivity (Wildman–Crippen MR) is 85.9 cm³/mol. The van der Waals surface area contributed by atoms with Gasteiger partial charge in [0.05, 0.1) is 5.56 Å². The van der Waals surface area contributed by atoms with E-state index in [1.807, 2.05) is 0 Å². The van der Waals surface area contributed by atoms with Gasteiger partial charge in [-0.2, -0.15) is 0 Å². The van der Waals surface area contributed by atoms with Crippen LogP contribution in [0.1, 0.15) is 43.0 Å². The number of hydrogen-bond acceptors (Lipinski definition) is 2. The first kappa shape index (κ1) is 16.4. The molecule has 2 rings (SSSR count). The second-order valence-corrected chi connectivity index (χ2v) is 6.44. The predicted octanol–water partition coefficient (Wildman–Crippen LogP) is 3.58. The lowest BCUT2D eigenvalue weighted by molar-refractivity contribution is 0.0944. The minimum absolute atomic E-state index is 0.0869. The van der Waals surface area contributed by atoms with Gasteiger partial charge >= 0.3 is 0 Å². The third kappa shape index (κ3) is 4.51. The van der Waals surface area contributed by atoms with Gasteiger partial charge in [-0.25, -0.2) is 4.39 Å². The number of hydrogen-bond donors (Lipinski definition) is 1. The van der Waals surface area contributed by atoms with Crippen molar-refractivity contribution in [1.29, 1.82) is 0 Å². The molecule has 1 amide bonds. The van der Waals surface area contributed by atoms with Crippen molar-refractivity contribution < 1.29 is 9.18 Å². The molecule has 0 radical (unpaired) electrons. The highest BCUT2D eigenvalue weighted by molar-refractivity contribution is 9.10. The van der Waals surface area contributed by atoms with Gasteiger partial charge in [-0.3, -0.25) is 4.79 Å². The lowest BCUT2D eigenvalue weighted by Crippen LogP contribution is -2.39. The first-order valence-corrected chi connectivity index (χ1v) is 8.35. The molecule has 1 saturated heterocycles. The largest absolute Gasteiger partial charge is 0.352 e. The molecular formula is C16H22BrFN2O.